The molecule has 1 N–H and O–H groups in total. The van der Waals surface area contributed by atoms with E-state index in [2.05, 4.69) is 24.1 Å². The van der Waals surface area contributed by atoms with Gasteiger partial charge in [0.2, 0.25) is 0 Å². The normalized spacial score (nSPS) is 16.2. The zero-order valence-electron chi connectivity index (χ0n) is 12.7. The highest BCUT2D eigenvalue weighted by atomic mass is 19.1. The Bertz CT molecular complexity index is 434. The lowest BCUT2D eigenvalue weighted by molar-refractivity contribution is 0.204. The van der Waals surface area contributed by atoms with Crippen LogP contribution in [0.25, 0.3) is 0 Å². The lowest BCUT2D eigenvalue weighted by atomic mass is 10.0. The van der Waals surface area contributed by atoms with E-state index < -0.39 is 0 Å². The van der Waals surface area contributed by atoms with Crippen molar-refractivity contribution in [3.8, 4) is 0 Å². The summed E-state index contributed by atoms with van der Waals surface area (Å²) < 4.78 is 19.6. The maximum absolute atomic E-state index is 14.4. The van der Waals surface area contributed by atoms with Crippen LogP contribution in [0.5, 0.6) is 0 Å². The maximum atomic E-state index is 14.4. The number of nitrogens with one attached hydrogen (secondary N) is 1. The molecule has 1 aliphatic rings. The van der Waals surface area contributed by atoms with Gasteiger partial charge in [0.15, 0.2) is 0 Å². The molecule has 1 unspecified atom stereocenters. The van der Waals surface area contributed by atoms with Gasteiger partial charge in [-0.3, -0.25) is 0 Å². The Morgan fingerprint density at radius 1 is 1.45 bits per heavy atom. The van der Waals surface area contributed by atoms with E-state index in [-0.39, 0.29) is 11.9 Å². The average molecular weight is 280 g/mol. The molecule has 0 spiro atoms. The number of ether oxygens (including phenoxy) is 1. The average Bonchev–Trinajstić information content (AvgIpc) is 3.25. The summed E-state index contributed by atoms with van der Waals surface area (Å²) in [5.74, 6) is -0.129. The van der Waals surface area contributed by atoms with Crippen molar-refractivity contribution in [3.05, 3.63) is 29.6 Å². The summed E-state index contributed by atoms with van der Waals surface area (Å²) in [5.41, 5.74) is 1.79. The molecular weight excluding hydrogens is 255 g/mol. The molecule has 1 aromatic rings. The third-order valence-corrected chi connectivity index (χ3v) is 3.81. The third-order valence-electron chi connectivity index (χ3n) is 3.81. The summed E-state index contributed by atoms with van der Waals surface area (Å²) in [6, 6.07) is 5.99. The quantitative estimate of drug-likeness (QED) is 0.792. The van der Waals surface area contributed by atoms with Crippen LogP contribution >= 0.6 is 0 Å². The minimum Gasteiger partial charge on any atom is -0.383 e. The smallest absolute Gasteiger partial charge is 0.146 e. The van der Waals surface area contributed by atoms with Gasteiger partial charge in [-0.05, 0) is 37.9 Å². The van der Waals surface area contributed by atoms with Gasteiger partial charge in [0.1, 0.15) is 5.82 Å². The summed E-state index contributed by atoms with van der Waals surface area (Å²) in [4.78, 5) is 2.18. The largest absolute Gasteiger partial charge is 0.383 e. The predicted octanol–water partition coefficient (Wildman–Crippen LogP) is 3.11. The van der Waals surface area contributed by atoms with Gasteiger partial charge in [-0.25, -0.2) is 4.39 Å². The van der Waals surface area contributed by atoms with Crippen LogP contribution in [0.15, 0.2) is 18.2 Å². The Hall–Kier alpha value is -1.13. The lowest BCUT2D eigenvalue weighted by Gasteiger charge is -2.29. The first-order valence-electron chi connectivity index (χ1n) is 7.46. The molecule has 20 heavy (non-hydrogen) atoms. The first kappa shape index (κ1) is 15.3. The summed E-state index contributed by atoms with van der Waals surface area (Å²) in [5, 5.41) is 3.38. The van der Waals surface area contributed by atoms with E-state index in [0.717, 1.165) is 37.2 Å². The first-order valence-corrected chi connectivity index (χ1v) is 7.46. The fourth-order valence-electron chi connectivity index (χ4n) is 2.65. The summed E-state index contributed by atoms with van der Waals surface area (Å²) in [7, 11) is 1.69. The van der Waals surface area contributed by atoms with E-state index in [9.17, 15) is 4.39 Å². The van der Waals surface area contributed by atoms with E-state index in [0.29, 0.717) is 12.6 Å². The number of nitrogens with zero attached hydrogens (tertiary/aromatic N) is 1. The van der Waals surface area contributed by atoms with E-state index in [4.69, 9.17) is 4.74 Å². The molecule has 112 valence electrons. The molecule has 0 radical (unpaired) electrons. The van der Waals surface area contributed by atoms with E-state index in [1.807, 2.05) is 6.07 Å². The molecule has 1 atom stereocenters. The molecule has 0 aliphatic heterocycles. The maximum Gasteiger partial charge on any atom is 0.146 e. The van der Waals surface area contributed by atoms with Crippen molar-refractivity contribution in [1.82, 2.24) is 5.32 Å². The van der Waals surface area contributed by atoms with Crippen LogP contribution in [0, 0.1) is 5.82 Å². The van der Waals surface area contributed by atoms with Crippen LogP contribution in [0.2, 0.25) is 0 Å². The molecule has 0 heterocycles. The van der Waals surface area contributed by atoms with Gasteiger partial charge >= 0.3 is 0 Å². The Morgan fingerprint density at radius 3 is 2.80 bits per heavy atom. The van der Waals surface area contributed by atoms with Crippen molar-refractivity contribution >= 4 is 5.69 Å². The van der Waals surface area contributed by atoms with E-state index >= 15 is 0 Å². The van der Waals surface area contributed by atoms with Crippen LogP contribution in [-0.2, 0) is 4.74 Å². The molecule has 0 bridgehead atoms. The van der Waals surface area contributed by atoms with Gasteiger partial charge in [0, 0.05) is 25.7 Å². The Labute approximate surface area is 121 Å². The molecule has 1 aliphatic carbocycles. The minimum absolute atomic E-state index is 0.129. The van der Waals surface area contributed by atoms with Crippen molar-refractivity contribution in [1.29, 1.82) is 0 Å². The molecule has 0 amide bonds. The van der Waals surface area contributed by atoms with Gasteiger partial charge in [-0.1, -0.05) is 19.1 Å². The van der Waals surface area contributed by atoms with Gasteiger partial charge in [-0.15, -0.1) is 0 Å². The number of methoxy groups -OCH3 is 1. The zero-order valence-corrected chi connectivity index (χ0v) is 12.7. The Balaban J connectivity index is 2.31. The van der Waals surface area contributed by atoms with Gasteiger partial charge in [0.05, 0.1) is 12.3 Å². The second kappa shape index (κ2) is 7.04. The highest BCUT2D eigenvalue weighted by molar-refractivity contribution is 5.57. The monoisotopic (exact) mass is 280 g/mol. The highest BCUT2D eigenvalue weighted by Crippen LogP contribution is 2.37. The third kappa shape index (κ3) is 3.49. The molecule has 3 nitrogen and oxygen atoms in total. The summed E-state index contributed by atoms with van der Waals surface area (Å²) in [6.45, 7) is 6.40. The number of benzene rings is 1. The van der Waals surface area contributed by atoms with Crippen LogP contribution in [0.4, 0.5) is 10.1 Å². The molecule has 1 saturated carbocycles. The Morgan fingerprint density at radius 2 is 2.20 bits per heavy atom. The zero-order chi connectivity index (χ0) is 14.5. The molecule has 2 rings (SSSR count). The fraction of sp³-hybridized carbons (Fsp3) is 0.625. The Kier molecular flexibility index (Phi) is 5.38. The predicted molar refractivity (Wildman–Crippen MR) is 80.7 cm³/mol. The fourth-order valence-corrected chi connectivity index (χ4v) is 2.65. The van der Waals surface area contributed by atoms with E-state index in [1.54, 1.807) is 19.2 Å². The number of rotatable bonds is 8. The van der Waals surface area contributed by atoms with Gasteiger partial charge < -0.3 is 15.0 Å². The molecule has 0 saturated heterocycles. The minimum atomic E-state index is -0.129. The second-order valence-electron chi connectivity index (χ2n) is 5.37. The van der Waals surface area contributed by atoms with Crippen molar-refractivity contribution in [3.63, 3.8) is 0 Å². The molecule has 1 aromatic carbocycles. The second-order valence-corrected chi connectivity index (χ2v) is 5.37. The van der Waals surface area contributed by atoms with Crippen molar-refractivity contribution in [2.75, 3.05) is 31.7 Å². The van der Waals surface area contributed by atoms with Crippen LogP contribution in [0.3, 0.4) is 0 Å². The van der Waals surface area contributed by atoms with Crippen molar-refractivity contribution in [2.45, 2.75) is 38.8 Å². The number of hydrogen-bond donors (Lipinski definition) is 1. The van der Waals surface area contributed by atoms with E-state index in [1.165, 1.54) is 0 Å². The lowest BCUT2D eigenvalue weighted by Crippen LogP contribution is -2.32. The van der Waals surface area contributed by atoms with Gasteiger partial charge in [-0.2, -0.15) is 0 Å². The SMILES string of the molecule is CCNC(C)c1cccc(F)c1N(CCOC)C1CC1. The van der Waals surface area contributed by atoms with Gasteiger partial charge in [0.25, 0.3) is 0 Å². The number of halogens is 1. The molecule has 1 fully saturated rings. The number of anilines is 1. The van der Waals surface area contributed by atoms with Crippen molar-refractivity contribution < 1.29 is 9.13 Å². The van der Waals surface area contributed by atoms with Crippen LogP contribution < -0.4 is 10.2 Å². The van der Waals surface area contributed by atoms with Crippen molar-refractivity contribution in [2.24, 2.45) is 0 Å². The van der Waals surface area contributed by atoms with Crippen LogP contribution in [0.1, 0.15) is 38.3 Å². The first-order chi connectivity index (χ1) is 9.69. The number of hydrogen-bond acceptors (Lipinski definition) is 3. The van der Waals surface area contributed by atoms with Crippen LogP contribution in [-0.4, -0.2) is 32.8 Å². The molecule has 0 aromatic heterocycles. The molecular formula is C16H25FN2O. The molecule has 4 heteroatoms. The number of para-hydroxylation sites is 1. The topological polar surface area (TPSA) is 24.5 Å². The standard InChI is InChI=1S/C16H25FN2O/c1-4-18-12(2)14-6-5-7-15(17)16(14)19(10-11-20-3)13-8-9-13/h5-7,12-13,18H,4,8-11H2,1-3H3. The summed E-state index contributed by atoms with van der Waals surface area (Å²) >= 11 is 0. The summed E-state index contributed by atoms with van der Waals surface area (Å²) in [6.07, 6.45) is 2.29. The highest BCUT2D eigenvalue weighted by Gasteiger charge is 2.32.